The van der Waals surface area contributed by atoms with Crippen LogP contribution < -0.4 is 15.9 Å². The van der Waals surface area contributed by atoms with Crippen LogP contribution in [-0.4, -0.2) is 41.3 Å². The number of likely N-dealkylation sites (tertiary alicyclic amines) is 1. The van der Waals surface area contributed by atoms with Crippen LogP contribution in [0.4, 0.5) is 0 Å². The Balaban J connectivity index is 1.38. The Morgan fingerprint density at radius 2 is 2.07 bits per heavy atom. The molecule has 144 valence electrons. The number of carbonyl (C=O) groups is 2. The Morgan fingerprint density at radius 3 is 2.89 bits per heavy atom. The van der Waals surface area contributed by atoms with E-state index in [0.717, 1.165) is 62.2 Å². The summed E-state index contributed by atoms with van der Waals surface area (Å²) in [6.45, 7) is 2.23. The molecule has 1 saturated heterocycles. The molecule has 3 aliphatic rings. The number of aromatic amines is 1. The fraction of sp³-hybridized carbons (Fsp3) is 0.524. The molecule has 1 aromatic heterocycles. The highest BCUT2D eigenvalue weighted by Gasteiger charge is 2.34. The van der Waals surface area contributed by atoms with Gasteiger partial charge in [0.2, 0.25) is 5.91 Å². The SMILES string of the molecule is O=C(NCC1CCCCN(C(=O)C2CC2)C1)c1cc2c([nH]1)=CCC=C(Cl)C=2. The van der Waals surface area contributed by atoms with E-state index in [1.54, 1.807) is 0 Å². The van der Waals surface area contributed by atoms with Gasteiger partial charge in [-0.05, 0) is 50.2 Å². The van der Waals surface area contributed by atoms with E-state index < -0.39 is 0 Å². The van der Waals surface area contributed by atoms with Gasteiger partial charge in [0.1, 0.15) is 5.69 Å². The van der Waals surface area contributed by atoms with Crippen molar-refractivity contribution in [1.29, 1.82) is 0 Å². The lowest BCUT2D eigenvalue weighted by Gasteiger charge is -2.24. The first-order valence-electron chi connectivity index (χ1n) is 9.94. The molecule has 0 aromatic carbocycles. The van der Waals surface area contributed by atoms with Gasteiger partial charge in [-0.25, -0.2) is 0 Å². The molecule has 5 nitrogen and oxygen atoms in total. The van der Waals surface area contributed by atoms with Crippen LogP contribution in [0.5, 0.6) is 0 Å². The first-order valence-corrected chi connectivity index (χ1v) is 10.3. The van der Waals surface area contributed by atoms with E-state index in [2.05, 4.69) is 10.3 Å². The molecule has 2 fully saturated rings. The van der Waals surface area contributed by atoms with Crippen molar-refractivity contribution < 1.29 is 9.59 Å². The molecule has 2 aliphatic carbocycles. The number of carbonyl (C=O) groups excluding carboxylic acids is 2. The summed E-state index contributed by atoms with van der Waals surface area (Å²) in [5.74, 6) is 0.801. The Hall–Kier alpha value is -2.01. The summed E-state index contributed by atoms with van der Waals surface area (Å²) in [5.41, 5.74) is 0.554. The molecule has 2 heterocycles. The van der Waals surface area contributed by atoms with Crippen molar-refractivity contribution in [3.05, 3.63) is 33.4 Å². The number of amides is 2. The molecule has 2 N–H and O–H groups in total. The lowest BCUT2D eigenvalue weighted by Crippen LogP contribution is -2.39. The summed E-state index contributed by atoms with van der Waals surface area (Å²) in [6, 6.07) is 1.85. The van der Waals surface area contributed by atoms with E-state index in [1.165, 1.54) is 0 Å². The fourth-order valence-electron chi connectivity index (χ4n) is 3.91. The van der Waals surface area contributed by atoms with Crippen LogP contribution in [0.3, 0.4) is 0 Å². The number of rotatable bonds is 4. The number of fused-ring (bicyclic) bond motifs is 1. The standard InChI is InChI=1S/C21H26ClN3O2/c22-17-5-3-6-18-16(10-17)11-19(24-18)20(26)23-12-14-4-1-2-9-25(13-14)21(27)15-7-8-15/h5-6,10-11,14-15,24H,1-4,7-9,12-13H2,(H,23,26). The number of nitrogens with one attached hydrogen (secondary N) is 2. The van der Waals surface area contributed by atoms with Gasteiger partial charge >= 0.3 is 0 Å². The minimum atomic E-state index is -0.103. The number of nitrogens with zero attached hydrogens (tertiary/aromatic N) is 1. The Morgan fingerprint density at radius 1 is 1.22 bits per heavy atom. The summed E-state index contributed by atoms with van der Waals surface area (Å²) < 4.78 is 0. The maximum absolute atomic E-state index is 12.6. The summed E-state index contributed by atoms with van der Waals surface area (Å²) >= 11 is 6.12. The highest BCUT2D eigenvalue weighted by molar-refractivity contribution is 6.34. The molecule has 1 aliphatic heterocycles. The van der Waals surface area contributed by atoms with E-state index in [4.69, 9.17) is 11.6 Å². The predicted octanol–water partition coefficient (Wildman–Crippen LogP) is 1.87. The van der Waals surface area contributed by atoms with Gasteiger partial charge in [0, 0.05) is 41.2 Å². The Bertz CT molecular complexity index is 882. The quantitative estimate of drug-likeness (QED) is 0.828. The fourth-order valence-corrected chi connectivity index (χ4v) is 4.12. The monoisotopic (exact) mass is 387 g/mol. The topological polar surface area (TPSA) is 65.2 Å². The van der Waals surface area contributed by atoms with Gasteiger partial charge in [-0.3, -0.25) is 9.59 Å². The van der Waals surface area contributed by atoms with Crippen molar-refractivity contribution in [1.82, 2.24) is 15.2 Å². The second-order valence-corrected chi connectivity index (χ2v) is 8.29. The molecule has 1 saturated carbocycles. The highest BCUT2D eigenvalue weighted by Crippen LogP contribution is 2.32. The molecule has 1 unspecified atom stereocenters. The number of halogens is 1. The Labute approximate surface area is 164 Å². The molecule has 6 heteroatoms. The van der Waals surface area contributed by atoms with Crippen molar-refractivity contribution in [2.45, 2.75) is 38.5 Å². The number of aromatic nitrogens is 1. The van der Waals surface area contributed by atoms with Crippen molar-refractivity contribution in [3.8, 4) is 0 Å². The third kappa shape index (κ3) is 4.46. The van der Waals surface area contributed by atoms with Crippen LogP contribution >= 0.6 is 11.6 Å². The van der Waals surface area contributed by atoms with Crippen molar-refractivity contribution in [2.24, 2.45) is 11.8 Å². The zero-order chi connectivity index (χ0) is 18.8. The first-order chi connectivity index (χ1) is 13.1. The van der Waals surface area contributed by atoms with Gasteiger partial charge in [0.25, 0.3) is 5.91 Å². The minimum absolute atomic E-state index is 0.103. The van der Waals surface area contributed by atoms with Gasteiger partial charge in [0.15, 0.2) is 0 Å². The van der Waals surface area contributed by atoms with E-state index >= 15 is 0 Å². The summed E-state index contributed by atoms with van der Waals surface area (Å²) in [7, 11) is 0. The van der Waals surface area contributed by atoms with Gasteiger partial charge in [-0.2, -0.15) is 0 Å². The largest absolute Gasteiger partial charge is 0.351 e. The van der Waals surface area contributed by atoms with Crippen LogP contribution in [0.25, 0.3) is 12.2 Å². The number of allylic oxidation sites excluding steroid dienone is 2. The zero-order valence-corrected chi connectivity index (χ0v) is 16.2. The minimum Gasteiger partial charge on any atom is -0.351 e. The molecule has 0 radical (unpaired) electrons. The molecule has 0 spiro atoms. The third-order valence-corrected chi connectivity index (χ3v) is 5.87. The maximum atomic E-state index is 12.6. The normalized spacial score (nSPS) is 22.5. The number of hydrogen-bond acceptors (Lipinski definition) is 2. The Kier molecular flexibility index (Phi) is 5.39. The molecule has 1 aromatic rings. The molecule has 2 amide bonds. The molecular weight excluding hydrogens is 362 g/mol. The van der Waals surface area contributed by atoms with Gasteiger partial charge in [-0.15, -0.1) is 0 Å². The van der Waals surface area contributed by atoms with E-state index in [0.29, 0.717) is 29.1 Å². The zero-order valence-electron chi connectivity index (χ0n) is 15.5. The van der Waals surface area contributed by atoms with Crippen LogP contribution in [-0.2, 0) is 4.79 Å². The number of hydrogen-bond donors (Lipinski definition) is 2. The summed E-state index contributed by atoms with van der Waals surface area (Å²) in [4.78, 5) is 30.2. The molecule has 27 heavy (non-hydrogen) atoms. The van der Waals surface area contributed by atoms with Crippen molar-refractivity contribution >= 4 is 35.6 Å². The van der Waals surface area contributed by atoms with Crippen LogP contribution in [0.15, 0.2) is 17.2 Å². The lowest BCUT2D eigenvalue weighted by molar-refractivity contribution is -0.132. The molecule has 1 atom stereocenters. The van der Waals surface area contributed by atoms with Gasteiger partial charge in [-0.1, -0.05) is 30.2 Å². The average Bonchev–Trinajstić information content (AvgIpc) is 3.47. The second-order valence-electron chi connectivity index (χ2n) is 7.86. The smallest absolute Gasteiger partial charge is 0.267 e. The third-order valence-electron chi connectivity index (χ3n) is 5.61. The molecular formula is C21H26ClN3O2. The molecule has 4 rings (SSSR count). The average molecular weight is 388 g/mol. The number of H-pyrrole nitrogens is 1. The predicted molar refractivity (Wildman–Crippen MR) is 107 cm³/mol. The lowest BCUT2D eigenvalue weighted by atomic mass is 10.0. The van der Waals surface area contributed by atoms with E-state index in [-0.39, 0.29) is 11.8 Å². The second kappa shape index (κ2) is 7.93. The summed E-state index contributed by atoms with van der Waals surface area (Å²) in [5, 5.41) is 5.62. The van der Waals surface area contributed by atoms with E-state index in [1.807, 2.05) is 29.2 Å². The van der Waals surface area contributed by atoms with Gasteiger partial charge < -0.3 is 15.2 Å². The molecule has 0 bridgehead atoms. The highest BCUT2D eigenvalue weighted by atomic mass is 35.5. The first kappa shape index (κ1) is 18.4. The van der Waals surface area contributed by atoms with Crippen molar-refractivity contribution in [3.63, 3.8) is 0 Å². The van der Waals surface area contributed by atoms with Crippen LogP contribution in [0.1, 0.15) is 49.0 Å². The summed E-state index contributed by atoms with van der Waals surface area (Å²) in [6.07, 6.45) is 11.9. The maximum Gasteiger partial charge on any atom is 0.267 e. The van der Waals surface area contributed by atoms with Gasteiger partial charge in [0.05, 0.1) is 0 Å². The van der Waals surface area contributed by atoms with Crippen LogP contribution in [0.2, 0.25) is 0 Å². The van der Waals surface area contributed by atoms with Crippen molar-refractivity contribution in [2.75, 3.05) is 19.6 Å². The van der Waals surface area contributed by atoms with Crippen LogP contribution in [0, 0.1) is 11.8 Å². The van der Waals surface area contributed by atoms with E-state index in [9.17, 15) is 9.59 Å².